The van der Waals surface area contributed by atoms with Crippen LogP contribution in [0.15, 0.2) is 18.2 Å². The van der Waals surface area contributed by atoms with E-state index in [1.165, 1.54) is 6.07 Å². The number of aliphatic hydroxyl groups is 1. The van der Waals surface area contributed by atoms with Gasteiger partial charge in [0, 0.05) is 19.5 Å². The fraction of sp³-hybridized carbons (Fsp3) is 0.385. The van der Waals surface area contributed by atoms with Gasteiger partial charge in [0.2, 0.25) is 0 Å². The van der Waals surface area contributed by atoms with Gasteiger partial charge in [-0.3, -0.25) is 0 Å². The quantitative estimate of drug-likeness (QED) is 0.766. The van der Waals surface area contributed by atoms with E-state index in [0.29, 0.717) is 5.56 Å². The van der Waals surface area contributed by atoms with E-state index in [-0.39, 0.29) is 19.5 Å². The van der Waals surface area contributed by atoms with E-state index >= 15 is 0 Å². The minimum absolute atomic E-state index is 0.0338. The lowest BCUT2D eigenvalue weighted by atomic mass is 10.2. The number of carboxylic acids is 1. The predicted octanol–water partition coefficient (Wildman–Crippen LogP) is 0.694. The van der Waals surface area contributed by atoms with Crippen molar-refractivity contribution in [3.63, 3.8) is 0 Å². The van der Waals surface area contributed by atoms with E-state index in [4.69, 9.17) is 5.11 Å². The summed E-state index contributed by atoms with van der Waals surface area (Å²) in [6, 6.07) is 1.43. The molecular weight excluding hydrogens is 286 g/mol. The molecule has 114 valence electrons. The highest BCUT2D eigenvalue weighted by Gasteiger charge is 2.38. The normalized spacial score (nSPS) is 21.4. The summed E-state index contributed by atoms with van der Waals surface area (Å²) in [4.78, 5) is 23.9. The fourth-order valence-electron chi connectivity index (χ4n) is 2.20. The summed E-state index contributed by atoms with van der Waals surface area (Å²) in [7, 11) is 0. The van der Waals surface area contributed by atoms with Crippen LogP contribution in [0.1, 0.15) is 12.0 Å². The number of carbonyl (C=O) groups is 2. The van der Waals surface area contributed by atoms with Gasteiger partial charge in [0.05, 0.1) is 6.10 Å². The first-order valence-electron chi connectivity index (χ1n) is 6.27. The molecule has 21 heavy (non-hydrogen) atoms. The van der Waals surface area contributed by atoms with E-state index in [1.807, 2.05) is 0 Å². The van der Waals surface area contributed by atoms with Crippen molar-refractivity contribution in [1.82, 2.24) is 10.2 Å². The Morgan fingerprint density at radius 2 is 2.05 bits per heavy atom. The lowest BCUT2D eigenvalue weighted by molar-refractivity contribution is -0.141. The van der Waals surface area contributed by atoms with Crippen molar-refractivity contribution in [2.75, 3.05) is 6.54 Å². The van der Waals surface area contributed by atoms with E-state index in [1.54, 1.807) is 0 Å². The van der Waals surface area contributed by atoms with Crippen molar-refractivity contribution in [1.29, 1.82) is 0 Å². The number of amides is 2. The summed E-state index contributed by atoms with van der Waals surface area (Å²) in [5.74, 6) is -3.21. The highest BCUT2D eigenvalue weighted by molar-refractivity contribution is 5.83. The summed E-state index contributed by atoms with van der Waals surface area (Å²) >= 11 is 0. The van der Waals surface area contributed by atoms with Crippen LogP contribution >= 0.6 is 0 Å². The predicted molar refractivity (Wildman–Crippen MR) is 67.3 cm³/mol. The van der Waals surface area contributed by atoms with E-state index < -0.39 is 35.8 Å². The molecule has 0 bridgehead atoms. The van der Waals surface area contributed by atoms with Gasteiger partial charge in [-0.2, -0.15) is 0 Å². The smallest absolute Gasteiger partial charge is 0.326 e. The number of hydrogen-bond acceptors (Lipinski definition) is 3. The van der Waals surface area contributed by atoms with Gasteiger partial charge in [-0.25, -0.2) is 18.4 Å². The zero-order chi connectivity index (χ0) is 15.6. The summed E-state index contributed by atoms with van der Waals surface area (Å²) in [6.45, 7) is -0.157. The van der Waals surface area contributed by atoms with Gasteiger partial charge in [0.1, 0.15) is 6.04 Å². The Kier molecular flexibility index (Phi) is 4.37. The van der Waals surface area contributed by atoms with Gasteiger partial charge in [-0.15, -0.1) is 0 Å². The molecule has 3 N–H and O–H groups in total. The highest BCUT2D eigenvalue weighted by Crippen LogP contribution is 2.18. The number of halogens is 2. The number of likely N-dealkylation sites (tertiary alicyclic amines) is 1. The largest absolute Gasteiger partial charge is 0.480 e. The van der Waals surface area contributed by atoms with Crippen molar-refractivity contribution in [3.05, 3.63) is 35.4 Å². The zero-order valence-electron chi connectivity index (χ0n) is 10.9. The zero-order valence-corrected chi connectivity index (χ0v) is 10.9. The van der Waals surface area contributed by atoms with Crippen LogP contribution in [0.2, 0.25) is 0 Å². The number of benzene rings is 1. The van der Waals surface area contributed by atoms with Crippen molar-refractivity contribution in [3.8, 4) is 0 Å². The minimum atomic E-state index is -1.20. The molecule has 0 aromatic heterocycles. The molecule has 1 aromatic rings. The Morgan fingerprint density at radius 1 is 1.33 bits per heavy atom. The topological polar surface area (TPSA) is 89.9 Å². The number of aliphatic carboxylic acids is 1. The molecule has 1 aromatic carbocycles. The van der Waals surface area contributed by atoms with Crippen LogP contribution in [0.5, 0.6) is 0 Å². The Bertz CT molecular complexity index is 567. The van der Waals surface area contributed by atoms with Gasteiger partial charge in [0.25, 0.3) is 0 Å². The summed E-state index contributed by atoms with van der Waals surface area (Å²) in [5, 5.41) is 20.8. The summed E-state index contributed by atoms with van der Waals surface area (Å²) in [5.41, 5.74) is 0.342. The van der Waals surface area contributed by atoms with Gasteiger partial charge >= 0.3 is 12.0 Å². The Labute approximate surface area is 119 Å². The second kappa shape index (κ2) is 6.04. The molecule has 1 heterocycles. The van der Waals surface area contributed by atoms with Gasteiger partial charge in [-0.1, -0.05) is 6.07 Å². The molecule has 2 amide bonds. The number of urea groups is 1. The second-order valence-electron chi connectivity index (χ2n) is 4.80. The average Bonchev–Trinajstić information content (AvgIpc) is 2.82. The van der Waals surface area contributed by atoms with Crippen molar-refractivity contribution in [2.24, 2.45) is 0 Å². The molecule has 2 rings (SSSR count). The number of aliphatic hydroxyl groups excluding tert-OH is 1. The minimum Gasteiger partial charge on any atom is -0.480 e. The highest BCUT2D eigenvalue weighted by atomic mass is 19.2. The molecule has 2 unspecified atom stereocenters. The lowest BCUT2D eigenvalue weighted by Crippen LogP contribution is -2.45. The molecule has 6 nitrogen and oxygen atoms in total. The van der Waals surface area contributed by atoms with E-state index in [9.17, 15) is 23.5 Å². The molecule has 0 radical (unpaired) electrons. The molecular formula is C13H14F2N2O4. The lowest BCUT2D eigenvalue weighted by Gasteiger charge is -2.21. The molecule has 2 atom stereocenters. The fourth-order valence-corrected chi connectivity index (χ4v) is 2.20. The van der Waals surface area contributed by atoms with Crippen molar-refractivity contribution < 1.29 is 28.6 Å². The number of carbonyl (C=O) groups excluding carboxylic acids is 1. The third kappa shape index (κ3) is 3.46. The monoisotopic (exact) mass is 300 g/mol. The van der Waals surface area contributed by atoms with Gasteiger partial charge < -0.3 is 20.4 Å². The van der Waals surface area contributed by atoms with Crippen molar-refractivity contribution in [2.45, 2.75) is 25.1 Å². The van der Waals surface area contributed by atoms with Crippen LogP contribution in [0.25, 0.3) is 0 Å². The maximum absolute atomic E-state index is 13.0. The Balaban J connectivity index is 1.97. The average molecular weight is 300 g/mol. The van der Waals surface area contributed by atoms with Crippen LogP contribution in [-0.2, 0) is 11.3 Å². The van der Waals surface area contributed by atoms with Crippen molar-refractivity contribution >= 4 is 12.0 Å². The van der Waals surface area contributed by atoms with Crippen LogP contribution in [-0.4, -0.2) is 45.8 Å². The Hall–Kier alpha value is -2.22. The summed E-state index contributed by atoms with van der Waals surface area (Å²) < 4.78 is 25.8. The molecule has 0 aliphatic carbocycles. The van der Waals surface area contributed by atoms with E-state index in [2.05, 4.69) is 5.32 Å². The third-order valence-electron chi connectivity index (χ3n) is 3.25. The number of nitrogens with one attached hydrogen (secondary N) is 1. The first-order valence-corrected chi connectivity index (χ1v) is 6.27. The number of carboxylic acid groups (broad SMARTS) is 1. The first kappa shape index (κ1) is 15.2. The SMILES string of the molecule is O=C(O)C1CC(O)CN1C(=O)NCc1ccc(F)c(F)c1. The van der Waals surface area contributed by atoms with Crippen LogP contribution in [0.4, 0.5) is 13.6 Å². The molecule has 1 saturated heterocycles. The van der Waals surface area contributed by atoms with E-state index in [0.717, 1.165) is 17.0 Å². The maximum Gasteiger partial charge on any atom is 0.326 e. The van der Waals surface area contributed by atoms with Crippen LogP contribution in [0, 0.1) is 11.6 Å². The van der Waals surface area contributed by atoms with Gasteiger partial charge in [-0.05, 0) is 17.7 Å². The third-order valence-corrected chi connectivity index (χ3v) is 3.25. The maximum atomic E-state index is 13.0. The molecule has 1 aliphatic heterocycles. The first-order chi connectivity index (χ1) is 9.88. The second-order valence-corrected chi connectivity index (χ2v) is 4.80. The number of rotatable bonds is 3. The Morgan fingerprint density at radius 3 is 2.67 bits per heavy atom. The molecule has 0 saturated carbocycles. The number of hydrogen-bond donors (Lipinski definition) is 3. The van der Waals surface area contributed by atoms with Crippen LogP contribution in [0.3, 0.4) is 0 Å². The molecule has 0 spiro atoms. The standard InChI is InChI=1S/C13H14F2N2O4/c14-9-2-1-7(3-10(9)15)5-16-13(21)17-6-8(18)4-11(17)12(19)20/h1-3,8,11,18H,4-6H2,(H,16,21)(H,19,20). The summed E-state index contributed by atoms with van der Waals surface area (Å²) in [6.07, 6.45) is -0.923. The molecule has 1 aliphatic rings. The number of nitrogens with zero attached hydrogens (tertiary/aromatic N) is 1. The molecule has 1 fully saturated rings. The number of β-amino-alcohol motifs (C(OH)–C–C–N with tert-alkyl or cyclic N) is 1. The van der Waals surface area contributed by atoms with Crippen LogP contribution < -0.4 is 5.32 Å². The molecule has 8 heteroatoms. The van der Waals surface area contributed by atoms with Gasteiger partial charge in [0.15, 0.2) is 11.6 Å².